The van der Waals surface area contributed by atoms with Crippen LogP contribution >= 0.6 is 0 Å². The Labute approximate surface area is 59.4 Å². The number of amides is 1. The molecule has 58 valence electrons. The Morgan fingerprint density at radius 3 is 3.00 bits per heavy atom. The summed E-state index contributed by atoms with van der Waals surface area (Å²) < 4.78 is 0. The smallest absolute Gasteiger partial charge is 0.237 e. The Morgan fingerprint density at radius 2 is 2.30 bits per heavy atom. The largest absolute Gasteiger partial charge is 0.391 e. The van der Waals surface area contributed by atoms with Gasteiger partial charge in [0.25, 0.3) is 0 Å². The Hall–Kier alpha value is -0.610. The van der Waals surface area contributed by atoms with E-state index in [1.807, 2.05) is 0 Å². The maximum absolute atomic E-state index is 10.8. The number of hydrogen-bond acceptors (Lipinski definition) is 3. The van der Waals surface area contributed by atoms with Gasteiger partial charge in [-0.15, -0.1) is 0 Å². The van der Waals surface area contributed by atoms with Gasteiger partial charge < -0.3 is 16.2 Å². The van der Waals surface area contributed by atoms with Crippen LogP contribution in [0.2, 0.25) is 0 Å². The van der Waals surface area contributed by atoms with Crippen molar-refractivity contribution in [2.45, 2.75) is 25.0 Å². The fourth-order valence-corrected chi connectivity index (χ4v) is 0.955. The highest BCUT2D eigenvalue weighted by Gasteiger charge is 2.19. The Morgan fingerprint density at radius 1 is 1.60 bits per heavy atom. The van der Waals surface area contributed by atoms with Crippen LogP contribution in [0.3, 0.4) is 0 Å². The fraction of sp³-hybridized carbons (Fsp3) is 0.833. The van der Waals surface area contributed by atoms with Crippen molar-refractivity contribution in [3.8, 4) is 0 Å². The minimum atomic E-state index is -0.433. The molecule has 0 aromatic rings. The van der Waals surface area contributed by atoms with E-state index in [2.05, 4.69) is 5.32 Å². The van der Waals surface area contributed by atoms with Gasteiger partial charge in [0.2, 0.25) is 5.91 Å². The van der Waals surface area contributed by atoms with E-state index in [4.69, 9.17) is 10.8 Å². The van der Waals surface area contributed by atoms with E-state index in [0.717, 1.165) is 0 Å². The molecule has 0 saturated carbocycles. The number of aliphatic hydroxyl groups excluding tert-OH is 1. The van der Waals surface area contributed by atoms with Crippen LogP contribution in [0.5, 0.6) is 0 Å². The third-order valence-electron chi connectivity index (χ3n) is 1.66. The number of hydrogen-bond donors (Lipinski definition) is 3. The van der Waals surface area contributed by atoms with Gasteiger partial charge in [0.05, 0.1) is 12.1 Å². The van der Waals surface area contributed by atoms with E-state index >= 15 is 0 Å². The molecule has 4 heteroatoms. The van der Waals surface area contributed by atoms with E-state index in [9.17, 15) is 4.79 Å². The molecular weight excluding hydrogens is 132 g/mol. The van der Waals surface area contributed by atoms with Gasteiger partial charge in [0, 0.05) is 6.54 Å². The average Bonchev–Trinajstić information content (AvgIpc) is 2.04. The zero-order chi connectivity index (χ0) is 7.56. The molecule has 0 aliphatic carbocycles. The normalized spacial score (nSPS) is 34.8. The van der Waals surface area contributed by atoms with Gasteiger partial charge in [-0.2, -0.15) is 0 Å². The Balaban J connectivity index is 2.46. The van der Waals surface area contributed by atoms with E-state index in [1.165, 1.54) is 0 Å². The molecule has 1 fully saturated rings. The van der Waals surface area contributed by atoms with Gasteiger partial charge in [-0.05, 0) is 12.8 Å². The van der Waals surface area contributed by atoms with Crippen molar-refractivity contribution in [2.75, 3.05) is 6.54 Å². The van der Waals surface area contributed by atoms with Crippen LogP contribution in [0, 0.1) is 0 Å². The lowest BCUT2D eigenvalue weighted by atomic mass is 10.1. The average molecular weight is 144 g/mol. The predicted octanol–water partition coefficient (Wildman–Crippen LogP) is -1.42. The van der Waals surface area contributed by atoms with Gasteiger partial charge in [0.1, 0.15) is 0 Å². The summed E-state index contributed by atoms with van der Waals surface area (Å²) in [6.45, 7) is 0.340. The Kier molecular flexibility index (Phi) is 2.24. The van der Waals surface area contributed by atoms with Crippen molar-refractivity contribution < 1.29 is 9.90 Å². The second-order valence-corrected chi connectivity index (χ2v) is 2.58. The van der Waals surface area contributed by atoms with Crippen molar-refractivity contribution in [1.82, 2.24) is 5.32 Å². The highest BCUT2D eigenvalue weighted by molar-refractivity contribution is 5.81. The molecule has 0 radical (unpaired) electrons. The lowest BCUT2D eigenvalue weighted by Gasteiger charge is -2.03. The fourth-order valence-electron chi connectivity index (χ4n) is 0.955. The van der Waals surface area contributed by atoms with Crippen LogP contribution in [0.1, 0.15) is 12.8 Å². The molecule has 1 aliphatic rings. The summed E-state index contributed by atoms with van der Waals surface area (Å²) in [5.41, 5.74) is 5.42. The van der Waals surface area contributed by atoms with Gasteiger partial charge >= 0.3 is 0 Å². The van der Waals surface area contributed by atoms with Crippen LogP contribution in [-0.4, -0.2) is 29.7 Å². The minimum absolute atomic E-state index is 0.156. The molecule has 1 amide bonds. The van der Waals surface area contributed by atoms with E-state index in [1.54, 1.807) is 0 Å². The first-order chi connectivity index (χ1) is 4.70. The quantitative estimate of drug-likeness (QED) is 0.391. The van der Waals surface area contributed by atoms with Crippen LogP contribution < -0.4 is 11.1 Å². The summed E-state index contributed by atoms with van der Waals surface area (Å²) in [5.74, 6) is -0.156. The minimum Gasteiger partial charge on any atom is -0.391 e. The molecule has 0 spiro atoms. The van der Waals surface area contributed by atoms with Crippen molar-refractivity contribution in [1.29, 1.82) is 0 Å². The van der Waals surface area contributed by atoms with E-state index < -0.39 is 12.1 Å². The first-order valence-corrected chi connectivity index (χ1v) is 3.41. The first kappa shape index (κ1) is 7.50. The van der Waals surface area contributed by atoms with Crippen LogP contribution in [0.15, 0.2) is 0 Å². The van der Waals surface area contributed by atoms with Crippen LogP contribution in [-0.2, 0) is 4.79 Å². The topological polar surface area (TPSA) is 75.3 Å². The van der Waals surface area contributed by atoms with Gasteiger partial charge in [-0.1, -0.05) is 0 Å². The molecule has 0 bridgehead atoms. The van der Waals surface area contributed by atoms with E-state index in [-0.39, 0.29) is 5.91 Å². The number of β-amino-alcohol motifs (C(OH)–C–C–N with tert-alkyl or cyclic N) is 1. The molecule has 1 aliphatic heterocycles. The van der Waals surface area contributed by atoms with Crippen LogP contribution in [0.4, 0.5) is 0 Å². The van der Waals surface area contributed by atoms with E-state index in [0.29, 0.717) is 19.4 Å². The molecule has 2 atom stereocenters. The number of carbonyl (C=O) groups excluding carboxylic acids is 1. The molecular formula is C6H12N2O2. The van der Waals surface area contributed by atoms with Crippen molar-refractivity contribution in [3.63, 3.8) is 0 Å². The molecule has 1 rings (SSSR count). The summed E-state index contributed by atoms with van der Waals surface area (Å²) in [5, 5.41) is 11.6. The van der Waals surface area contributed by atoms with Crippen molar-refractivity contribution in [2.24, 2.45) is 5.73 Å². The molecule has 4 nitrogen and oxygen atoms in total. The standard InChI is InChI=1S/C6H12N2O2/c7-5-2-1-4(9)3-8-6(5)10/h4-5,9H,1-3,7H2,(H,8,10)/t4-,5+/m0/s1. The molecule has 0 unspecified atom stereocenters. The molecule has 4 N–H and O–H groups in total. The molecule has 0 aromatic heterocycles. The zero-order valence-electron chi connectivity index (χ0n) is 5.71. The number of nitrogens with two attached hydrogens (primary N) is 1. The lowest BCUT2D eigenvalue weighted by Crippen LogP contribution is -2.39. The SMILES string of the molecule is N[C@@H]1CC[C@H](O)CNC1=O. The Bertz CT molecular complexity index is 138. The number of nitrogens with one attached hydrogen (secondary N) is 1. The second-order valence-electron chi connectivity index (χ2n) is 2.58. The molecule has 1 saturated heterocycles. The third-order valence-corrected chi connectivity index (χ3v) is 1.66. The van der Waals surface area contributed by atoms with Gasteiger partial charge in [-0.3, -0.25) is 4.79 Å². The first-order valence-electron chi connectivity index (χ1n) is 3.41. The summed E-state index contributed by atoms with van der Waals surface area (Å²) in [7, 11) is 0. The molecule has 10 heavy (non-hydrogen) atoms. The zero-order valence-corrected chi connectivity index (χ0v) is 5.71. The number of aliphatic hydroxyl groups is 1. The maximum atomic E-state index is 10.8. The summed E-state index contributed by atoms with van der Waals surface area (Å²) in [6, 6.07) is -0.433. The molecule has 1 heterocycles. The van der Waals surface area contributed by atoms with Gasteiger partial charge in [-0.25, -0.2) is 0 Å². The predicted molar refractivity (Wildman–Crippen MR) is 36.2 cm³/mol. The second kappa shape index (κ2) is 2.98. The van der Waals surface area contributed by atoms with Crippen LogP contribution in [0.25, 0.3) is 0 Å². The van der Waals surface area contributed by atoms with Gasteiger partial charge in [0.15, 0.2) is 0 Å². The summed E-state index contributed by atoms with van der Waals surface area (Å²) in [4.78, 5) is 10.8. The third kappa shape index (κ3) is 1.68. The highest BCUT2D eigenvalue weighted by atomic mass is 16.3. The summed E-state index contributed by atoms with van der Waals surface area (Å²) in [6.07, 6.45) is 0.768. The maximum Gasteiger partial charge on any atom is 0.237 e. The highest BCUT2D eigenvalue weighted by Crippen LogP contribution is 2.03. The monoisotopic (exact) mass is 144 g/mol. The van der Waals surface area contributed by atoms with Crippen molar-refractivity contribution >= 4 is 5.91 Å². The number of rotatable bonds is 0. The summed E-state index contributed by atoms with van der Waals surface area (Å²) >= 11 is 0. The lowest BCUT2D eigenvalue weighted by molar-refractivity contribution is -0.122. The molecule has 0 aromatic carbocycles. The number of carbonyl (C=O) groups is 1. The van der Waals surface area contributed by atoms with Crippen molar-refractivity contribution in [3.05, 3.63) is 0 Å².